The Balaban J connectivity index is 1.63. The minimum atomic E-state index is -0.462. The molecule has 4 nitrogen and oxygen atoms in total. The summed E-state index contributed by atoms with van der Waals surface area (Å²) in [5, 5.41) is 6.21. The van der Waals surface area contributed by atoms with E-state index in [-0.39, 0.29) is 10.9 Å². The number of benzene rings is 2. The topological polar surface area (TPSA) is 54.3 Å². The first-order valence-corrected chi connectivity index (χ1v) is 9.46. The van der Waals surface area contributed by atoms with E-state index in [1.54, 1.807) is 18.2 Å². The monoisotopic (exact) mass is 400 g/mol. The van der Waals surface area contributed by atoms with Crippen molar-refractivity contribution < 1.29 is 13.6 Å². The van der Waals surface area contributed by atoms with Gasteiger partial charge in [-0.05, 0) is 54.4 Å². The van der Waals surface area contributed by atoms with Gasteiger partial charge in [0.2, 0.25) is 0 Å². The molecule has 28 heavy (non-hydrogen) atoms. The second-order valence-corrected chi connectivity index (χ2v) is 7.34. The Kier molecular flexibility index (Phi) is 6.37. The lowest BCUT2D eigenvalue weighted by Gasteiger charge is -2.09. The third kappa shape index (κ3) is 5.14. The minimum Gasteiger partial charge on any atom is -0.459 e. The number of nitrogens with one attached hydrogen (secondary N) is 2. The Morgan fingerprint density at radius 1 is 1.14 bits per heavy atom. The molecule has 0 saturated carbocycles. The van der Waals surface area contributed by atoms with Crippen LogP contribution in [0, 0.1) is 11.7 Å². The molecule has 2 aromatic carbocycles. The van der Waals surface area contributed by atoms with Crippen LogP contribution in [0.25, 0.3) is 11.3 Å². The van der Waals surface area contributed by atoms with Crippen LogP contribution in [-0.2, 0) is 6.54 Å². The summed E-state index contributed by atoms with van der Waals surface area (Å²) in [4.78, 5) is 12.2. The highest BCUT2D eigenvalue weighted by molar-refractivity contribution is 6.31. The van der Waals surface area contributed by atoms with Crippen molar-refractivity contribution in [3.63, 3.8) is 0 Å². The molecule has 0 unspecified atom stereocenters. The highest BCUT2D eigenvalue weighted by atomic mass is 35.5. The van der Waals surface area contributed by atoms with E-state index in [0.29, 0.717) is 41.7 Å². The van der Waals surface area contributed by atoms with Crippen LogP contribution in [0.1, 0.15) is 30.0 Å². The summed E-state index contributed by atoms with van der Waals surface area (Å²) < 4.78 is 19.1. The van der Waals surface area contributed by atoms with Crippen molar-refractivity contribution in [2.24, 2.45) is 5.92 Å². The predicted octanol–water partition coefficient (Wildman–Crippen LogP) is 5.74. The number of hydrogen-bond donors (Lipinski definition) is 2. The fraction of sp³-hybridized carbons (Fsp3) is 0.227. The molecule has 0 aliphatic rings. The number of carbonyl (C=O) groups is 1. The lowest BCUT2D eigenvalue weighted by molar-refractivity contribution is 0.0949. The Morgan fingerprint density at radius 3 is 2.71 bits per heavy atom. The number of halogens is 2. The van der Waals surface area contributed by atoms with Crippen LogP contribution < -0.4 is 10.6 Å². The molecule has 0 bridgehead atoms. The minimum absolute atomic E-state index is 0.0566. The van der Waals surface area contributed by atoms with Crippen molar-refractivity contribution in [1.29, 1.82) is 0 Å². The van der Waals surface area contributed by atoms with Gasteiger partial charge in [0.15, 0.2) is 0 Å². The Hall–Kier alpha value is -2.79. The summed E-state index contributed by atoms with van der Waals surface area (Å²) in [5.74, 6) is 1.17. The highest BCUT2D eigenvalue weighted by Gasteiger charge is 2.09. The van der Waals surface area contributed by atoms with Crippen molar-refractivity contribution in [2.75, 3.05) is 11.9 Å². The van der Waals surface area contributed by atoms with Crippen molar-refractivity contribution in [1.82, 2.24) is 5.32 Å². The number of furan rings is 1. The molecule has 0 aliphatic carbocycles. The Labute approximate surface area is 168 Å². The molecule has 1 amide bonds. The average Bonchev–Trinajstić information content (AvgIpc) is 3.16. The van der Waals surface area contributed by atoms with E-state index in [1.807, 2.05) is 24.3 Å². The molecule has 3 aromatic rings. The van der Waals surface area contributed by atoms with Gasteiger partial charge in [0.05, 0.1) is 11.6 Å². The van der Waals surface area contributed by atoms with Crippen molar-refractivity contribution in [3.8, 4) is 11.3 Å². The van der Waals surface area contributed by atoms with E-state index in [1.165, 1.54) is 12.1 Å². The molecule has 2 N–H and O–H groups in total. The van der Waals surface area contributed by atoms with Crippen molar-refractivity contribution in [3.05, 3.63) is 76.8 Å². The summed E-state index contributed by atoms with van der Waals surface area (Å²) in [6, 6.07) is 15.4. The Morgan fingerprint density at radius 2 is 1.96 bits per heavy atom. The summed E-state index contributed by atoms with van der Waals surface area (Å²) in [6.07, 6.45) is 0. The maximum absolute atomic E-state index is 13.3. The van der Waals surface area contributed by atoms with Gasteiger partial charge in [0.25, 0.3) is 5.91 Å². The zero-order valence-corrected chi connectivity index (χ0v) is 16.5. The van der Waals surface area contributed by atoms with Gasteiger partial charge in [0.1, 0.15) is 17.3 Å². The number of amides is 1. The zero-order chi connectivity index (χ0) is 20.1. The molecule has 1 heterocycles. The van der Waals surface area contributed by atoms with Gasteiger partial charge in [0, 0.05) is 23.4 Å². The predicted molar refractivity (Wildman–Crippen MR) is 110 cm³/mol. The molecule has 6 heteroatoms. The molecule has 146 valence electrons. The van der Waals surface area contributed by atoms with Crippen LogP contribution in [0.4, 0.5) is 10.1 Å². The molecular formula is C22H22ClFN2O2. The van der Waals surface area contributed by atoms with Gasteiger partial charge >= 0.3 is 0 Å². The Bertz CT molecular complexity index is 969. The first-order valence-electron chi connectivity index (χ1n) is 9.08. The van der Waals surface area contributed by atoms with Gasteiger partial charge in [-0.15, -0.1) is 0 Å². The van der Waals surface area contributed by atoms with E-state index in [2.05, 4.69) is 24.5 Å². The molecule has 0 aliphatic heterocycles. The second kappa shape index (κ2) is 8.93. The lowest BCUT2D eigenvalue weighted by Crippen LogP contribution is -2.27. The van der Waals surface area contributed by atoms with E-state index in [0.717, 1.165) is 5.69 Å². The summed E-state index contributed by atoms with van der Waals surface area (Å²) in [7, 11) is 0. The van der Waals surface area contributed by atoms with E-state index in [4.69, 9.17) is 16.0 Å². The standard InChI is InChI=1S/C22H22ClFN2O2/c1-14(2)12-26-22(27)16-4-3-5-17(10-16)25-13-18-7-9-21(28-18)15-6-8-20(24)19(23)11-15/h3-11,14,25H,12-13H2,1-2H3,(H,26,27). The quantitative estimate of drug-likeness (QED) is 0.532. The largest absolute Gasteiger partial charge is 0.459 e. The van der Waals surface area contributed by atoms with Gasteiger partial charge in [-0.3, -0.25) is 4.79 Å². The van der Waals surface area contributed by atoms with Crippen LogP contribution in [0.5, 0.6) is 0 Å². The third-order valence-corrected chi connectivity index (χ3v) is 4.42. The summed E-state index contributed by atoms with van der Waals surface area (Å²) >= 11 is 5.83. The second-order valence-electron chi connectivity index (χ2n) is 6.93. The maximum Gasteiger partial charge on any atom is 0.251 e. The number of hydrogen-bond acceptors (Lipinski definition) is 3. The number of rotatable bonds is 7. The fourth-order valence-electron chi connectivity index (χ4n) is 2.64. The number of anilines is 1. The SMILES string of the molecule is CC(C)CNC(=O)c1cccc(NCc2ccc(-c3ccc(F)c(Cl)c3)o2)c1. The van der Waals surface area contributed by atoms with Crippen LogP contribution >= 0.6 is 11.6 Å². The lowest BCUT2D eigenvalue weighted by atomic mass is 10.1. The summed E-state index contributed by atoms with van der Waals surface area (Å²) in [5.41, 5.74) is 2.13. The molecular weight excluding hydrogens is 379 g/mol. The van der Waals surface area contributed by atoms with Crippen LogP contribution in [0.2, 0.25) is 5.02 Å². The van der Waals surface area contributed by atoms with Gasteiger partial charge in [-0.25, -0.2) is 4.39 Å². The smallest absolute Gasteiger partial charge is 0.251 e. The van der Waals surface area contributed by atoms with Crippen LogP contribution in [-0.4, -0.2) is 12.5 Å². The zero-order valence-electron chi connectivity index (χ0n) is 15.8. The first kappa shape index (κ1) is 20.0. The van der Waals surface area contributed by atoms with E-state index < -0.39 is 5.82 Å². The molecule has 1 aromatic heterocycles. The van der Waals surface area contributed by atoms with Crippen LogP contribution in [0.3, 0.4) is 0 Å². The van der Waals surface area contributed by atoms with E-state index >= 15 is 0 Å². The third-order valence-electron chi connectivity index (χ3n) is 4.13. The van der Waals surface area contributed by atoms with Crippen molar-refractivity contribution in [2.45, 2.75) is 20.4 Å². The normalized spacial score (nSPS) is 10.9. The van der Waals surface area contributed by atoms with Gasteiger partial charge in [-0.1, -0.05) is 31.5 Å². The molecule has 0 atom stereocenters. The van der Waals surface area contributed by atoms with Crippen molar-refractivity contribution >= 4 is 23.2 Å². The fourth-order valence-corrected chi connectivity index (χ4v) is 2.82. The maximum atomic E-state index is 13.3. The number of carbonyl (C=O) groups excluding carboxylic acids is 1. The molecule has 0 fully saturated rings. The molecule has 0 radical (unpaired) electrons. The van der Waals surface area contributed by atoms with E-state index in [9.17, 15) is 9.18 Å². The molecule has 3 rings (SSSR count). The summed E-state index contributed by atoms with van der Waals surface area (Å²) in [6.45, 7) is 5.19. The average molecular weight is 401 g/mol. The van der Waals surface area contributed by atoms with Crippen LogP contribution in [0.15, 0.2) is 59.0 Å². The van der Waals surface area contributed by atoms with Gasteiger partial charge in [-0.2, -0.15) is 0 Å². The molecule has 0 saturated heterocycles. The molecule has 0 spiro atoms. The highest BCUT2D eigenvalue weighted by Crippen LogP contribution is 2.27. The van der Waals surface area contributed by atoms with Gasteiger partial charge < -0.3 is 15.1 Å². The first-order chi connectivity index (χ1) is 13.4.